The second-order valence-corrected chi connectivity index (χ2v) is 6.88. The van der Waals surface area contributed by atoms with E-state index in [0.29, 0.717) is 23.8 Å². The zero-order chi connectivity index (χ0) is 13.8. The molecule has 0 unspecified atom stereocenters. The molecule has 100 valence electrons. The van der Waals surface area contributed by atoms with Crippen molar-refractivity contribution >= 4 is 27.0 Å². The summed E-state index contributed by atoms with van der Waals surface area (Å²) >= 11 is 4.89. The molecule has 0 aliphatic rings. The monoisotopic (exact) mass is 287 g/mol. The Balaban J connectivity index is 2.61. The summed E-state index contributed by atoms with van der Waals surface area (Å²) in [5, 5.41) is 0. The van der Waals surface area contributed by atoms with Gasteiger partial charge >= 0.3 is 0 Å². The normalized spacial score (nSPS) is 11.2. The van der Waals surface area contributed by atoms with Crippen molar-refractivity contribution in [1.29, 1.82) is 0 Å². The fraction of sp³-hybridized carbons (Fsp3) is 0.417. The molecule has 4 nitrogen and oxygen atoms in total. The molecule has 0 spiro atoms. The lowest BCUT2D eigenvalue weighted by Crippen LogP contribution is -2.11. The average molecular weight is 287 g/mol. The summed E-state index contributed by atoms with van der Waals surface area (Å²) in [6, 6.07) is 5.49. The molecule has 1 aromatic rings. The Morgan fingerprint density at radius 2 is 2.11 bits per heavy atom. The average Bonchev–Trinajstić information content (AvgIpc) is 2.24. The molecule has 0 aromatic heterocycles. The van der Waals surface area contributed by atoms with Crippen molar-refractivity contribution < 1.29 is 13.2 Å². The van der Waals surface area contributed by atoms with Gasteiger partial charge in [-0.15, -0.1) is 0 Å². The van der Waals surface area contributed by atoms with Crippen LogP contribution in [-0.2, 0) is 9.84 Å². The lowest BCUT2D eigenvalue weighted by Gasteiger charge is -2.10. The van der Waals surface area contributed by atoms with E-state index in [1.165, 1.54) is 6.26 Å². The Morgan fingerprint density at radius 1 is 1.44 bits per heavy atom. The van der Waals surface area contributed by atoms with Crippen LogP contribution < -0.4 is 10.5 Å². The van der Waals surface area contributed by atoms with E-state index < -0.39 is 9.84 Å². The second-order valence-electron chi connectivity index (χ2n) is 4.18. The van der Waals surface area contributed by atoms with Gasteiger partial charge in [0.05, 0.1) is 12.4 Å². The fourth-order valence-corrected chi connectivity index (χ4v) is 2.18. The van der Waals surface area contributed by atoms with Crippen LogP contribution in [0.1, 0.15) is 17.5 Å². The van der Waals surface area contributed by atoms with Gasteiger partial charge in [-0.3, -0.25) is 0 Å². The van der Waals surface area contributed by atoms with Crippen molar-refractivity contribution in [1.82, 2.24) is 0 Å². The van der Waals surface area contributed by atoms with Gasteiger partial charge in [0, 0.05) is 11.8 Å². The summed E-state index contributed by atoms with van der Waals surface area (Å²) in [5.74, 6) is 0.815. The Morgan fingerprint density at radius 3 is 2.67 bits per heavy atom. The molecule has 2 N–H and O–H groups in total. The fourth-order valence-electron chi connectivity index (χ4n) is 1.41. The quantitative estimate of drug-likeness (QED) is 0.633. The Bertz CT molecular complexity index is 538. The SMILES string of the molecule is Cc1ccc(C(N)=S)cc1OCCCS(C)(=O)=O. The molecule has 18 heavy (non-hydrogen) atoms. The van der Waals surface area contributed by atoms with Crippen LogP contribution in [0.4, 0.5) is 0 Å². The maximum atomic E-state index is 11.0. The lowest BCUT2D eigenvalue weighted by atomic mass is 10.1. The molecule has 1 rings (SSSR count). The molecular formula is C12H17NO3S2. The lowest BCUT2D eigenvalue weighted by molar-refractivity contribution is 0.315. The van der Waals surface area contributed by atoms with E-state index in [-0.39, 0.29) is 5.75 Å². The van der Waals surface area contributed by atoms with Gasteiger partial charge in [0.25, 0.3) is 0 Å². The van der Waals surface area contributed by atoms with Crippen LogP contribution in [0.2, 0.25) is 0 Å². The molecule has 0 aliphatic heterocycles. The summed E-state index contributed by atoms with van der Waals surface area (Å²) in [6.45, 7) is 2.27. The van der Waals surface area contributed by atoms with Crippen LogP contribution in [0.15, 0.2) is 18.2 Å². The molecule has 1 aromatic carbocycles. The van der Waals surface area contributed by atoms with Gasteiger partial charge in [-0.05, 0) is 25.0 Å². The van der Waals surface area contributed by atoms with Crippen LogP contribution in [-0.4, -0.2) is 32.0 Å². The number of hydrogen-bond donors (Lipinski definition) is 1. The molecule has 0 atom stereocenters. The van der Waals surface area contributed by atoms with E-state index >= 15 is 0 Å². The highest BCUT2D eigenvalue weighted by Crippen LogP contribution is 2.19. The Hall–Kier alpha value is -1.14. The van der Waals surface area contributed by atoms with Crippen molar-refractivity contribution in [2.75, 3.05) is 18.6 Å². The highest BCUT2D eigenvalue weighted by Gasteiger charge is 2.05. The zero-order valence-corrected chi connectivity index (χ0v) is 12.1. The van der Waals surface area contributed by atoms with E-state index in [9.17, 15) is 8.42 Å². The van der Waals surface area contributed by atoms with Crippen molar-refractivity contribution in [3.63, 3.8) is 0 Å². The van der Waals surface area contributed by atoms with Gasteiger partial charge in [-0.2, -0.15) is 0 Å². The number of benzene rings is 1. The molecule has 0 heterocycles. The molecule has 0 saturated heterocycles. The summed E-state index contributed by atoms with van der Waals surface area (Å²) in [7, 11) is -2.93. The van der Waals surface area contributed by atoms with Gasteiger partial charge in [-0.25, -0.2) is 8.42 Å². The smallest absolute Gasteiger partial charge is 0.147 e. The zero-order valence-electron chi connectivity index (χ0n) is 10.5. The van der Waals surface area contributed by atoms with Crippen LogP contribution in [0, 0.1) is 6.92 Å². The third-order valence-corrected chi connectivity index (χ3v) is 3.66. The number of sulfone groups is 1. The standard InChI is InChI=1S/C12H17NO3S2/c1-9-4-5-10(12(13)17)8-11(9)16-6-3-7-18(2,14)15/h4-5,8H,3,6-7H2,1-2H3,(H2,13,17). The summed E-state index contributed by atoms with van der Waals surface area (Å²) in [6.07, 6.45) is 1.68. The number of aryl methyl sites for hydroxylation is 1. The minimum absolute atomic E-state index is 0.126. The number of nitrogens with two attached hydrogens (primary N) is 1. The summed E-state index contributed by atoms with van der Waals surface area (Å²) < 4.78 is 27.5. The van der Waals surface area contributed by atoms with Crippen molar-refractivity contribution in [2.45, 2.75) is 13.3 Å². The van der Waals surface area contributed by atoms with Crippen molar-refractivity contribution in [3.05, 3.63) is 29.3 Å². The number of hydrogen-bond acceptors (Lipinski definition) is 4. The molecule has 0 amide bonds. The van der Waals surface area contributed by atoms with Crippen LogP contribution in [0.25, 0.3) is 0 Å². The van der Waals surface area contributed by atoms with E-state index in [1.807, 2.05) is 19.1 Å². The first-order chi connectivity index (χ1) is 8.29. The minimum atomic E-state index is -2.93. The molecule has 0 bridgehead atoms. The maximum absolute atomic E-state index is 11.0. The summed E-state index contributed by atoms with van der Waals surface area (Å²) in [4.78, 5) is 0.316. The Labute approximate surface area is 113 Å². The van der Waals surface area contributed by atoms with Crippen molar-refractivity contribution in [3.8, 4) is 5.75 Å². The van der Waals surface area contributed by atoms with E-state index in [0.717, 1.165) is 11.1 Å². The molecule has 0 aliphatic carbocycles. The molecule has 6 heteroatoms. The highest BCUT2D eigenvalue weighted by molar-refractivity contribution is 7.90. The molecule has 0 fully saturated rings. The third-order valence-electron chi connectivity index (χ3n) is 2.39. The Kier molecular flexibility index (Phi) is 5.10. The van der Waals surface area contributed by atoms with Crippen LogP contribution in [0.3, 0.4) is 0 Å². The molecular weight excluding hydrogens is 270 g/mol. The van der Waals surface area contributed by atoms with Crippen LogP contribution >= 0.6 is 12.2 Å². The predicted octanol–water partition coefficient (Wildman–Crippen LogP) is 1.44. The van der Waals surface area contributed by atoms with E-state index in [2.05, 4.69) is 0 Å². The van der Waals surface area contributed by atoms with Gasteiger partial charge in [0.2, 0.25) is 0 Å². The topological polar surface area (TPSA) is 69.4 Å². The largest absolute Gasteiger partial charge is 0.493 e. The second kappa shape index (κ2) is 6.15. The van der Waals surface area contributed by atoms with E-state index in [1.54, 1.807) is 6.07 Å². The number of thiocarbonyl (C=S) groups is 1. The number of ether oxygens (including phenoxy) is 1. The van der Waals surface area contributed by atoms with Gasteiger partial charge < -0.3 is 10.5 Å². The first-order valence-electron chi connectivity index (χ1n) is 5.50. The summed E-state index contributed by atoms with van der Waals surface area (Å²) in [5.41, 5.74) is 7.25. The first-order valence-corrected chi connectivity index (χ1v) is 7.97. The minimum Gasteiger partial charge on any atom is -0.493 e. The highest BCUT2D eigenvalue weighted by atomic mass is 32.2. The van der Waals surface area contributed by atoms with E-state index in [4.69, 9.17) is 22.7 Å². The van der Waals surface area contributed by atoms with Gasteiger partial charge in [0.1, 0.15) is 20.6 Å². The molecule has 0 saturated carbocycles. The van der Waals surface area contributed by atoms with Crippen molar-refractivity contribution in [2.24, 2.45) is 5.73 Å². The van der Waals surface area contributed by atoms with Gasteiger partial charge in [-0.1, -0.05) is 24.4 Å². The third kappa shape index (κ3) is 5.01. The first kappa shape index (κ1) is 14.9. The predicted molar refractivity (Wildman–Crippen MR) is 76.9 cm³/mol. The van der Waals surface area contributed by atoms with Crippen LogP contribution in [0.5, 0.6) is 5.75 Å². The number of rotatable bonds is 6. The molecule has 0 radical (unpaired) electrons. The maximum Gasteiger partial charge on any atom is 0.147 e. The van der Waals surface area contributed by atoms with Gasteiger partial charge in [0.15, 0.2) is 0 Å².